The van der Waals surface area contributed by atoms with Crippen LogP contribution in [0.1, 0.15) is 12.5 Å². The zero-order valence-electron chi connectivity index (χ0n) is 10.2. The first-order valence-electron chi connectivity index (χ1n) is 5.81. The number of carbonyl (C=O) groups is 1. The Morgan fingerprint density at radius 2 is 2.00 bits per heavy atom. The molecule has 0 saturated heterocycles. The normalized spacial score (nSPS) is 10.1. The fourth-order valence-electron chi connectivity index (χ4n) is 1.57. The monoisotopic (exact) mass is 242 g/mol. The van der Waals surface area contributed by atoms with E-state index in [0.717, 1.165) is 17.0 Å². The molecule has 4 heteroatoms. The Labute approximate surface area is 106 Å². The molecule has 0 amide bonds. The molecule has 0 unspecified atom stereocenters. The van der Waals surface area contributed by atoms with Crippen molar-refractivity contribution >= 4 is 5.97 Å². The summed E-state index contributed by atoms with van der Waals surface area (Å²) in [5.41, 5.74) is 2.46. The number of aromatic nitrogens is 2. The quantitative estimate of drug-likeness (QED) is 0.772. The first kappa shape index (κ1) is 12.2. The zero-order valence-corrected chi connectivity index (χ0v) is 10.2. The molecule has 2 aromatic heterocycles. The number of esters is 1. The van der Waals surface area contributed by atoms with Crippen molar-refractivity contribution in [1.82, 2.24) is 9.97 Å². The Kier molecular flexibility index (Phi) is 4.02. The third-order valence-electron chi connectivity index (χ3n) is 2.41. The van der Waals surface area contributed by atoms with Crippen molar-refractivity contribution < 1.29 is 9.53 Å². The van der Waals surface area contributed by atoms with Crippen LogP contribution < -0.4 is 0 Å². The topological polar surface area (TPSA) is 52.1 Å². The highest BCUT2D eigenvalue weighted by atomic mass is 16.5. The Balaban J connectivity index is 2.09. The van der Waals surface area contributed by atoms with Crippen LogP contribution in [-0.4, -0.2) is 22.5 Å². The summed E-state index contributed by atoms with van der Waals surface area (Å²) in [6.07, 6.45) is 3.66. The number of hydrogen-bond donors (Lipinski definition) is 0. The molecule has 0 bridgehead atoms. The van der Waals surface area contributed by atoms with E-state index in [2.05, 4.69) is 9.97 Å². The largest absolute Gasteiger partial charge is 0.466 e. The maximum absolute atomic E-state index is 11.3. The van der Waals surface area contributed by atoms with Gasteiger partial charge in [0.25, 0.3) is 0 Å². The van der Waals surface area contributed by atoms with Gasteiger partial charge in [0.2, 0.25) is 0 Å². The van der Waals surface area contributed by atoms with Crippen LogP contribution in [0.3, 0.4) is 0 Å². The summed E-state index contributed by atoms with van der Waals surface area (Å²) in [5.74, 6) is -0.232. The third kappa shape index (κ3) is 3.13. The number of rotatable bonds is 4. The van der Waals surface area contributed by atoms with Crippen molar-refractivity contribution in [2.75, 3.05) is 6.61 Å². The van der Waals surface area contributed by atoms with Crippen molar-refractivity contribution in [3.63, 3.8) is 0 Å². The fourth-order valence-corrected chi connectivity index (χ4v) is 1.57. The summed E-state index contributed by atoms with van der Waals surface area (Å²) in [5, 5.41) is 0. The lowest BCUT2D eigenvalue weighted by Gasteiger charge is -2.03. The molecule has 18 heavy (non-hydrogen) atoms. The Morgan fingerprint density at radius 3 is 2.61 bits per heavy atom. The summed E-state index contributed by atoms with van der Waals surface area (Å²) >= 11 is 0. The molecule has 0 saturated carbocycles. The van der Waals surface area contributed by atoms with E-state index in [4.69, 9.17) is 4.74 Å². The number of ether oxygens (including phenoxy) is 1. The molecule has 0 radical (unpaired) electrons. The van der Waals surface area contributed by atoms with Crippen LogP contribution in [0.5, 0.6) is 0 Å². The molecule has 0 fully saturated rings. The van der Waals surface area contributed by atoms with Gasteiger partial charge in [-0.3, -0.25) is 14.8 Å². The molecule has 0 aliphatic rings. The average Bonchev–Trinajstić information content (AvgIpc) is 2.41. The minimum Gasteiger partial charge on any atom is -0.466 e. The fraction of sp³-hybridized carbons (Fsp3) is 0.214. The first-order valence-corrected chi connectivity index (χ1v) is 5.81. The van der Waals surface area contributed by atoms with Crippen molar-refractivity contribution in [1.29, 1.82) is 0 Å². The van der Waals surface area contributed by atoms with E-state index in [1.54, 1.807) is 19.3 Å². The van der Waals surface area contributed by atoms with Gasteiger partial charge in [0.05, 0.1) is 24.4 Å². The van der Waals surface area contributed by atoms with Crippen LogP contribution >= 0.6 is 0 Å². The van der Waals surface area contributed by atoms with Gasteiger partial charge in [-0.25, -0.2) is 0 Å². The van der Waals surface area contributed by atoms with Gasteiger partial charge in [-0.2, -0.15) is 0 Å². The van der Waals surface area contributed by atoms with Gasteiger partial charge in [-0.05, 0) is 30.7 Å². The summed E-state index contributed by atoms with van der Waals surface area (Å²) in [4.78, 5) is 19.8. The molecule has 0 spiro atoms. The van der Waals surface area contributed by atoms with E-state index in [9.17, 15) is 4.79 Å². The van der Waals surface area contributed by atoms with Crippen molar-refractivity contribution in [3.8, 4) is 11.4 Å². The standard InChI is InChI=1S/C14H14N2O2/c1-2-18-14(17)9-11-6-7-13(16-10-11)12-5-3-4-8-15-12/h3-8,10H,2,9H2,1H3. The van der Waals surface area contributed by atoms with Crippen LogP contribution in [-0.2, 0) is 16.0 Å². The SMILES string of the molecule is CCOC(=O)Cc1ccc(-c2ccccn2)nc1. The second-order valence-corrected chi connectivity index (χ2v) is 3.75. The Hall–Kier alpha value is -2.23. The van der Waals surface area contributed by atoms with Crippen molar-refractivity contribution in [2.45, 2.75) is 13.3 Å². The van der Waals surface area contributed by atoms with Gasteiger partial charge in [0.1, 0.15) is 0 Å². The highest BCUT2D eigenvalue weighted by Gasteiger charge is 2.05. The predicted octanol–water partition coefficient (Wildman–Crippen LogP) is 2.25. The van der Waals surface area contributed by atoms with Gasteiger partial charge in [0.15, 0.2) is 0 Å². The van der Waals surface area contributed by atoms with Crippen LogP contribution in [0.15, 0.2) is 42.7 Å². The predicted molar refractivity (Wildman–Crippen MR) is 67.8 cm³/mol. The molecule has 2 heterocycles. The summed E-state index contributed by atoms with van der Waals surface area (Å²) < 4.78 is 4.88. The molecule has 2 rings (SSSR count). The van der Waals surface area contributed by atoms with E-state index >= 15 is 0 Å². The van der Waals surface area contributed by atoms with Crippen LogP contribution in [0.2, 0.25) is 0 Å². The molecule has 0 aliphatic heterocycles. The number of carbonyl (C=O) groups excluding carboxylic acids is 1. The number of hydrogen-bond acceptors (Lipinski definition) is 4. The molecule has 92 valence electrons. The summed E-state index contributed by atoms with van der Waals surface area (Å²) in [6, 6.07) is 9.40. The molecule has 0 atom stereocenters. The average molecular weight is 242 g/mol. The number of nitrogens with zero attached hydrogens (tertiary/aromatic N) is 2. The molecular formula is C14H14N2O2. The smallest absolute Gasteiger partial charge is 0.310 e. The van der Waals surface area contributed by atoms with Crippen molar-refractivity contribution in [2.24, 2.45) is 0 Å². The van der Waals surface area contributed by atoms with Crippen LogP contribution in [0.25, 0.3) is 11.4 Å². The maximum atomic E-state index is 11.3. The highest BCUT2D eigenvalue weighted by molar-refractivity contribution is 5.72. The van der Waals surface area contributed by atoms with Gasteiger partial charge in [-0.15, -0.1) is 0 Å². The molecule has 2 aromatic rings. The van der Waals surface area contributed by atoms with E-state index in [-0.39, 0.29) is 12.4 Å². The minimum absolute atomic E-state index is 0.232. The molecule has 4 nitrogen and oxygen atoms in total. The lowest BCUT2D eigenvalue weighted by molar-refractivity contribution is -0.142. The van der Waals surface area contributed by atoms with Gasteiger partial charge >= 0.3 is 5.97 Å². The second-order valence-electron chi connectivity index (χ2n) is 3.75. The summed E-state index contributed by atoms with van der Waals surface area (Å²) in [6.45, 7) is 2.19. The van der Waals surface area contributed by atoms with Gasteiger partial charge in [0, 0.05) is 12.4 Å². The number of pyridine rings is 2. The third-order valence-corrected chi connectivity index (χ3v) is 2.41. The van der Waals surface area contributed by atoms with E-state index in [1.807, 2.05) is 30.3 Å². The van der Waals surface area contributed by atoms with E-state index in [0.29, 0.717) is 6.61 Å². The molecule has 0 aromatic carbocycles. The molecule has 0 N–H and O–H groups in total. The second kappa shape index (κ2) is 5.91. The lowest BCUT2D eigenvalue weighted by Crippen LogP contribution is -2.07. The van der Waals surface area contributed by atoms with E-state index < -0.39 is 0 Å². The van der Waals surface area contributed by atoms with Gasteiger partial charge in [-0.1, -0.05) is 12.1 Å². The summed E-state index contributed by atoms with van der Waals surface area (Å²) in [7, 11) is 0. The van der Waals surface area contributed by atoms with E-state index in [1.165, 1.54) is 0 Å². The van der Waals surface area contributed by atoms with Crippen LogP contribution in [0.4, 0.5) is 0 Å². The zero-order chi connectivity index (χ0) is 12.8. The highest BCUT2D eigenvalue weighted by Crippen LogP contribution is 2.13. The first-order chi connectivity index (χ1) is 8.79. The Morgan fingerprint density at radius 1 is 1.17 bits per heavy atom. The molecular weight excluding hydrogens is 228 g/mol. The Bertz CT molecular complexity index is 509. The van der Waals surface area contributed by atoms with Crippen molar-refractivity contribution in [3.05, 3.63) is 48.3 Å². The molecule has 0 aliphatic carbocycles. The minimum atomic E-state index is -0.232. The van der Waals surface area contributed by atoms with Gasteiger partial charge < -0.3 is 4.74 Å². The lowest BCUT2D eigenvalue weighted by atomic mass is 10.1. The van der Waals surface area contributed by atoms with Crippen LogP contribution in [0, 0.1) is 0 Å². The maximum Gasteiger partial charge on any atom is 0.310 e.